The number of rotatable bonds is 2. The molecule has 0 atom stereocenters. The van der Waals surface area contributed by atoms with Gasteiger partial charge in [-0.1, -0.05) is 0 Å². The molecule has 8 heteroatoms. The Bertz CT molecular complexity index is 867. The molecule has 140 valence electrons. The minimum atomic E-state index is -0.510. The summed E-state index contributed by atoms with van der Waals surface area (Å²) in [5, 5.41) is 0. The van der Waals surface area contributed by atoms with E-state index >= 15 is 0 Å². The maximum absolute atomic E-state index is 12.6. The van der Waals surface area contributed by atoms with Crippen LogP contribution < -0.4 is 10.3 Å². The first kappa shape index (κ1) is 18.7. The van der Waals surface area contributed by atoms with Crippen molar-refractivity contribution < 1.29 is 14.3 Å². The SMILES string of the molecule is CC(C)(C)OC(=O)N1CCC(Oc2cnc3ccc(Br)cn3c2=O)CC1. The highest BCUT2D eigenvalue weighted by Gasteiger charge is 2.28. The molecule has 26 heavy (non-hydrogen) atoms. The van der Waals surface area contributed by atoms with Gasteiger partial charge in [0.2, 0.25) is 5.75 Å². The monoisotopic (exact) mass is 423 g/mol. The van der Waals surface area contributed by atoms with Crippen molar-refractivity contribution in [2.75, 3.05) is 13.1 Å². The number of ether oxygens (including phenoxy) is 2. The van der Waals surface area contributed by atoms with Gasteiger partial charge in [-0.25, -0.2) is 9.78 Å². The lowest BCUT2D eigenvalue weighted by Crippen LogP contribution is -2.44. The number of amides is 1. The summed E-state index contributed by atoms with van der Waals surface area (Å²) < 4.78 is 13.5. The first-order valence-electron chi connectivity index (χ1n) is 8.54. The number of hydrogen-bond donors (Lipinski definition) is 0. The van der Waals surface area contributed by atoms with Gasteiger partial charge in [-0.2, -0.15) is 0 Å². The maximum atomic E-state index is 12.6. The van der Waals surface area contributed by atoms with Crippen molar-refractivity contribution in [1.29, 1.82) is 0 Å². The summed E-state index contributed by atoms with van der Waals surface area (Å²) >= 11 is 3.35. The summed E-state index contributed by atoms with van der Waals surface area (Å²) in [4.78, 5) is 30.6. The van der Waals surface area contributed by atoms with E-state index < -0.39 is 5.60 Å². The lowest BCUT2D eigenvalue weighted by Gasteiger charge is -2.33. The van der Waals surface area contributed by atoms with Crippen LogP contribution in [0.2, 0.25) is 0 Å². The van der Waals surface area contributed by atoms with Gasteiger partial charge in [0.25, 0.3) is 5.56 Å². The predicted octanol–water partition coefficient (Wildman–Crippen LogP) is 3.24. The van der Waals surface area contributed by atoms with E-state index in [1.165, 1.54) is 10.6 Å². The van der Waals surface area contributed by atoms with Gasteiger partial charge in [0.1, 0.15) is 17.4 Å². The fraction of sp³-hybridized carbons (Fsp3) is 0.500. The maximum Gasteiger partial charge on any atom is 0.410 e. The third kappa shape index (κ3) is 4.35. The summed E-state index contributed by atoms with van der Waals surface area (Å²) in [6.07, 6.45) is 3.97. The Morgan fingerprint density at radius 2 is 1.96 bits per heavy atom. The number of nitrogens with zero attached hydrogens (tertiary/aromatic N) is 3. The van der Waals surface area contributed by atoms with Crippen molar-refractivity contribution in [1.82, 2.24) is 14.3 Å². The standard InChI is InChI=1S/C18H22BrN3O4/c1-18(2,3)26-17(24)21-8-6-13(7-9-21)25-14-10-20-15-5-4-12(19)11-22(15)16(14)23/h4-5,10-11,13H,6-9H2,1-3H3. The molecule has 3 heterocycles. The fourth-order valence-electron chi connectivity index (χ4n) is 2.78. The third-order valence-corrected chi connectivity index (χ3v) is 4.49. The molecular weight excluding hydrogens is 402 g/mol. The van der Waals surface area contributed by atoms with Crippen LogP contribution in [0.5, 0.6) is 5.75 Å². The molecule has 1 saturated heterocycles. The second kappa shape index (κ2) is 7.26. The van der Waals surface area contributed by atoms with Crippen LogP contribution in [0.4, 0.5) is 4.79 Å². The summed E-state index contributed by atoms with van der Waals surface area (Å²) in [6.45, 7) is 6.61. The number of piperidine rings is 1. The molecule has 0 unspecified atom stereocenters. The van der Waals surface area contributed by atoms with Gasteiger partial charge in [-0.05, 0) is 48.8 Å². The normalized spacial score (nSPS) is 15.9. The van der Waals surface area contributed by atoms with Gasteiger partial charge in [-0.15, -0.1) is 0 Å². The van der Waals surface area contributed by atoms with Gasteiger partial charge < -0.3 is 14.4 Å². The first-order valence-corrected chi connectivity index (χ1v) is 9.34. The van der Waals surface area contributed by atoms with Crippen molar-refractivity contribution in [3.63, 3.8) is 0 Å². The van der Waals surface area contributed by atoms with Gasteiger partial charge in [0.05, 0.1) is 6.20 Å². The second-order valence-corrected chi connectivity index (χ2v) is 8.20. The molecule has 3 rings (SSSR count). The zero-order valence-corrected chi connectivity index (χ0v) is 16.7. The number of halogens is 1. The Balaban J connectivity index is 1.65. The molecule has 0 spiro atoms. The lowest BCUT2D eigenvalue weighted by molar-refractivity contribution is 0.0125. The Kier molecular flexibility index (Phi) is 5.22. The number of pyridine rings is 1. The van der Waals surface area contributed by atoms with Crippen LogP contribution in [0, 0.1) is 0 Å². The van der Waals surface area contributed by atoms with Crippen LogP contribution >= 0.6 is 15.9 Å². The summed E-state index contributed by atoms with van der Waals surface area (Å²) in [5.41, 5.74) is -0.194. The molecule has 0 saturated carbocycles. The average Bonchev–Trinajstić information content (AvgIpc) is 2.57. The number of fused-ring (bicyclic) bond motifs is 1. The van der Waals surface area contributed by atoms with Crippen LogP contribution in [-0.2, 0) is 4.74 Å². The second-order valence-electron chi connectivity index (χ2n) is 7.29. The summed E-state index contributed by atoms with van der Waals surface area (Å²) in [5.74, 6) is 0.219. The molecule has 0 radical (unpaired) electrons. The topological polar surface area (TPSA) is 73.1 Å². The van der Waals surface area contributed by atoms with Gasteiger partial charge in [-0.3, -0.25) is 9.20 Å². The largest absolute Gasteiger partial charge is 0.483 e. The highest BCUT2D eigenvalue weighted by Crippen LogP contribution is 2.19. The fourth-order valence-corrected chi connectivity index (χ4v) is 3.11. The molecule has 7 nitrogen and oxygen atoms in total. The lowest BCUT2D eigenvalue weighted by atomic mass is 10.1. The molecule has 2 aromatic rings. The third-order valence-electron chi connectivity index (χ3n) is 4.02. The summed E-state index contributed by atoms with van der Waals surface area (Å²) in [6, 6.07) is 3.59. The first-order chi connectivity index (χ1) is 12.2. The Morgan fingerprint density at radius 3 is 2.62 bits per heavy atom. The predicted molar refractivity (Wildman–Crippen MR) is 101 cm³/mol. The Labute approximate surface area is 160 Å². The minimum absolute atomic E-state index is 0.131. The van der Waals surface area contributed by atoms with E-state index in [0.29, 0.717) is 31.6 Å². The van der Waals surface area contributed by atoms with Gasteiger partial charge in [0, 0.05) is 36.6 Å². The van der Waals surface area contributed by atoms with E-state index in [9.17, 15) is 9.59 Å². The van der Waals surface area contributed by atoms with Crippen LogP contribution in [0.25, 0.3) is 5.65 Å². The molecule has 2 aromatic heterocycles. The van der Waals surface area contributed by atoms with Crippen LogP contribution in [-0.4, -0.2) is 45.2 Å². The van der Waals surface area contributed by atoms with Crippen molar-refractivity contribution in [2.45, 2.75) is 45.3 Å². The number of likely N-dealkylation sites (tertiary alicyclic amines) is 1. The molecule has 0 bridgehead atoms. The van der Waals surface area contributed by atoms with E-state index in [1.54, 1.807) is 17.2 Å². The van der Waals surface area contributed by atoms with Crippen LogP contribution in [0.15, 0.2) is 33.8 Å². The van der Waals surface area contributed by atoms with Crippen LogP contribution in [0.3, 0.4) is 0 Å². The molecule has 1 aliphatic rings. The highest BCUT2D eigenvalue weighted by molar-refractivity contribution is 9.10. The minimum Gasteiger partial charge on any atom is -0.483 e. The van der Waals surface area contributed by atoms with Crippen molar-refractivity contribution in [3.05, 3.63) is 39.4 Å². The number of hydrogen-bond acceptors (Lipinski definition) is 5. The smallest absolute Gasteiger partial charge is 0.410 e. The Hall–Kier alpha value is -2.09. The summed E-state index contributed by atoms with van der Waals surface area (Å²) in [7, 11) is 0. The quantitative estimate of drug-likeness (QED) is 0.740. The highest BCUT2D eigenvalue weighted by atomic mass is 79.9. The number of aromatic nitrogens is 2. The van der Waals surface area contributed by atoms with E-state index in [2.05, 4.69) is 20.9 Å². The molecule has 0 N–H and O–H groups in total. The zero-order valence-electron chi connectivity index (χ0n) is 15.1. The number of carbonyl (C=O) groups excluding carboxylic acids is 1. The van der Waals surface area contributed by atoms with Crippen molar-refractivity contribution in [3.8, 4) is 5.75 Å². The van der Waals surface area contributed by atoms with E-state index in [0.717, 1.165) is 4.47 Å². The molecule has 1 amide bonds. The zero-order chi connectivity index (χ0) is 18.9. The molecule has 0 aromatic carbocycles. The van der Waals surface area contributed by atoms with Crippen LogP contribution in [0.1, 0.15) is 33.6 Å². The van der Waals surface area contributed by atoms with E-state index in [4.69, 9.17) is 9.47 Å². The van der Waals surface area contributed by atoms with E-state index in [-0.39, 0.29) is 23.5 Å². The molecule has 1 aliphatic heterocycles. The number of carbonyl (C=O) groups is 1. The molecule has 0 aliphatic carbocycles. The van der Waals surface area contributed by atoms with E-state index in [1.807, 2.05) is 26.8 Å². The van der Waals surface area contributed by atoms with Gasteiger partial charge >= 0.3 is 6.09 Å². The van der Waals surface area contributed by atoms with Crippen molar-refractivity contribution >= 4 is 27.7 Å². The molecular formula is C18H22BrN3O4. The Morgan fingerprint density at radius 1 is 1.27 bits per heavy atom. The van der Waals surface area contributed by atoms with Gasteiger partial charge in [0.15, 0.2) is 0 Å². The van der Waals surface area contributed by atoms with Crippen molar-refractivity contribution in [2.24, 2.45) is 0 Å². The average molecular weight is 424 g/mol. The molecule has 1 fully saturated rings.